The molecule has 25 heavy (non-hydrogen) atoms. The number of aliphatic hydroxyl groups is 1. The fourth-order valence-electron chi connectivity index (χ4n) is 3.55. The molecule has 2 aromatic carbocycles. The molecule has 0 unspecified atom stereocenters. The van der Waals surface area contributed by atoms with Crippen molar-refractivity contribution in [3.05, 3.63) is 66.1 Å². The predicted octanol–water partition coefficient (Wildman–Crippen LogP) is 3.16. The van der Waals surface area contributed by atoms with Gasteiger partial charge in [0.1, 0.15) is 5.82 Å². The lowest BCUT2D eigenvalue weighted by Crippen LogP contribution is -2.47. The average Bonchev–Trinajstić information content (AvgIpc) is 3.07. The molecule has 0 bridgehead atoms. The minimum Gasteiger partial charge on any atom is -0.387 e. The van der Waals surface area contributed by atoms with Gasteiger partial charge < -0.3 is 15.0 Å². The normalized spacial score (nSPS) is 17.1. The van der Waals surface area contributed by atoms with Crippen LogP contribution in [-0.4, -0.2) is 47.7 Å². The fraction of sp³-hybridized carbons (Fsp3) is 0.300. The molecule has 0 radical (unpaired) electrons. The van der Waals surface area contributed by atoms with Crippen molar-refractivity contribution < 1.29 is 9.50 Å². The first kappa shape index (κ1) is 16.1. The number of H-pyrrole nitrogens is 1. The number of anilines is 1. The van der Waals surface area contributed by atoms with E-state index in [-0.39, 0.29) is 5.82 Å². The maximum Gasteiger partial charge on any atom is 0.123 e. The lowest BCUT2D eigenvalue weighted by molar-refractivity contribution is 0.110. The van der Waals surface area contributed by atoms with Crippen LogP contribution in [-0.2, 0) is 0 Å². The van der Waals surface area contributed by atoms with Crippen molar-refractivity contribution in [3.8, 4) is 0 Å². The van der Waals surface area contributed by atoms with Crippen LogP contribution in [0.1, 0.15) is 11.7 Å². The van der Waals surface area contributed by atoms with E-state index < -0.39 is 6.10 Å². The number of halogens is 1. The average molecular weight is 339 g/mol. The van der Waals surface area contributed by atoms with E-state index in [2.05, 4.69) is 14.8 Å². The van der Waals surface area contributed by atoms with E-state index in [0.29, 0.717) is 6.54 Å². The third-order valence-corrected chi connectivity index (χ3v) is 4.98. The Morgan fingerprint density at radius 2 is 1.72 bits per heavy atom. The first-order chi connectivity index (χ1) is 12.2. The number of β-amino-alcohol motifs (C(OH)–C–C–N with tert-alkyl or cyclic N) is 1. The molecule has 1 atom stereocenters. The molecule has 130 valence electrons. The van der Waals surface area contributed by atoms with Gasteiger partial charge in [0.25, 0.3) is 0 Å². The highest BCUT2D eigenvalue weighted by atomic mass is 19.1. The minimum absolute atomic E-state index is 0.204. The fourth-order valence-corrected chi connectivity index (χ4v) is 3.55. The van der Waals surface area contributed by atoms with Gasteiger partial charge in [-0.1, -0.05) is 18.2 Å². The first-order valence-electron chi connectivity index (χ1n) is 8.67. The summed E-state index contributed by atoms with van der Waals surface area (Å²) in [5, 5.41) is 11.7. The lowest BCUT2D eigenvalue weighted by Gasteiger charge is -2.36. The van der Waals surface area contributed by atoms with Gasteiger partial charge in [0.2, 0.25) is 0 Å². The molecule has 1 aliphatic rings. The predicted molar refractivity (Wildman–Crippen MR) is 98.3 cm³/mol. The van der Waals surface area contributed by atoms with Crippen molar-refractivity contribution >= 4 is 16.6 Å². The Kier molecular flexibility index (Phi) is 4.42. The summed E-state index contributed by atoms with van der Waals surface area (Å²) in [7, 11) is 0. The largest absolute Gasteiger partial charge is 0.387 e. The van der Waals surface area contributed by atoms with Gasteiger partial charge in [-0.2, -0.15) is 0 Å². The van der Waals surface area contributed by atoms with Crippen LogP contribution in [0.2, 0.25) is 0 Å². The van der Waals surface area contributed by atoms with Gasteiger partial charge in [0.15, 0.2) is 0 Å². The molecule has 5 heteroatoms. The molecule has 0 aliphatic carbocycles. The van der Waals surface area contributed by atoms with Gasteiger partial charge >= 0.3 is 0 Å². The van der Waals surface area contributed by atoms with Crippen LogP contribution in [0.4, 0.5) is 10.1 Å². The molecule has 2 heterocycles. The van der Waals surface area contributed by atoms with Gasteiger partial charge in [-0.3, -0.25) is 4.90 Å². The number of aromatic nitrogens is 1. The molecule has 4 nitrogen and oxygen atoms in total. The molecule has 1 saturated heterocycles. The van der Waals surface area contributed by atoms with Gasteiger partial charge in [-0.05, 0) is 30.3 Å². The summed E-state index contributed by atoms with van der Waals surface area (Å²) in [5.74, 6) is -0.204. The second-order valence-corrected chi connectivity index (χ2v) is 6.57. The van der Waals surface area contributed by atoms with Gasteiger partial charge in [-0.25, -0.2) is 4.39 Å². The number of nitrogens with zero attached hydrogens (tertiary/aromatic N) is 2. The number of aromatic amines is 1. The molecule has 0 saturated carbocycles. The number of hydrogen-bond acceptors (Lipinski definition) is 3. The van der Waals surface area contributed by atoms with E-state index in [9.17, 15) is 9.50 Å². The maximum atomic E-state index is 13.0. The molecular weight excluding hydrogens is 317 g/mol. The Hall–Kier alpha value is -2.37. The lowest BCUT2D eigenvalue weighted by atomic mass is 10.1. The molecule has 0 amide bonds. The summed E-state index contributed by atoms with van der Waals surface area (Å²) < 4.78 is 13.0. The Bertz CT molecular complexity index is 838. The summed E-state index contributed by atoms with van der Waals surface area (Å²) in [4.78, 5) is 7.76. The summed E-state index contributed by atoms with van der Waals surface area (Å²) in [5.41, 5.74) is 3.06. The molecule has 4 rings (SSSR count). The van der Waals surface area contributed by atoms with Crippen molar-refractivity contribution in [1.82, 2.24) is 9.88 Å². The monoisotopic (exact) mass is 339 g/mol. The van der Waals surface area contributed by atoms with Gasteiger partial charge in [0.05, 0.1) is 6.10 Å². The van der Waals surface area contributed by atoms with Crippen LogP contribution in [0.15, 0.2) is 54.7 Å². The number of piperazine rings is 1. The highest BCUT2D eigenvalue weighted by Crippen LogP contribution is 2.25. The second kappa shape index (κ2) is 6.86. The SMILES string of the molecule is O[C@@H](CN1CCN(c2ccc(F)cc2)CC1)c1c[nH]c2ccccc12. The zero-order valence-corrected chi connectivity index (χ0v) is 14.0. The van der Waals surface area contributed by atoms with Crippen LogP contribution in [0, 0.1) is 5.82 Å². The van der Waals surface area contributed by atoms with E-state index in [1.54, 1.807) is 0 Å². The molecule has 1 aromatic heterocycles. The number of aliphatic hydroxyl groups excluding tert-OH is 1. The summed E-state index contributed by atoms with van der Waals surface area (Å²) in [6.45, 7) is 4.16. The van der Waals surface area contributed by atoms with Crippen LogP contribution < -0.4 is 4.90 Å². The smallest absolute Gasteiger partial charge is 0.123 e. The third kappa shape index (κ3) is 3.38. The maximum absolute atomic E-state index is 13.0. The van der Waals surface area contributed by atoms with E-state index >= 15 is 0 Å². The van der Waals surface area contributed by atoms with Crippen LogP contribution >= 0.6 is 0 Å². The molecule has 0 spiro atoms. The number of rotatable bonds is 4. The Morgan fingerprint density at radius 3 is 2.48 bits per heavy atom. The van der Waals surface area contributed by atoms with Crippen molar-refractivity contribution in [2.24, 2.45) is 0 Å². The Balaban J connectivity index is 1.37. The molecular formula is C20H22FN3O. The van der Waals surface area contributed by atoms with E-state index in [1.807, 2.05) is 42.6 Å². The van der Waals surface area contributed by atoms with E-state index in [4.69, 9.17) is 0 Å². The van der Waals surface area contributed by atoms with Gasteiger partial charge in [0, 0.05) is 61.1 Å². The number of hydrogen-bond donors (Lipinski definition) is 2. The molecule has 1 aliphatic heterocycles. The van der Waals surface area contributed by atoms with Gasteiger partial charge in [-0.15, -0.1) is 0 Å². The van der Waals surface area contributed by atoms with Crippen molar-refractivity contribution in [2.45, 2.75) is 6.10 Å². The summed E-state index contributed by atoms with van der Waals surface area (Å²) in [6.07, 6.45) is 1.40. The summed E-state index contributed by atoms with van der Waals surface area (Å²) in [6, 6.07) is 14.7. The molecule has 2 N–H and O–H groups in total. The number of nitrogens with one attached hydrogen (secondary N) is 1. The topological polar surface area (TPSA) is 42.5 Å². The van der Waals surface area contributed by atoms with E-state index in [1.165, 1.54) is 12.1 Å². The Morgan fingerprint density at radius 1 is 1.00 bits per heavy atom. The number of benzene rings is 2. The minimum atomic E-state index is -0.506. The molecule has 1 fully saturated rings. The first-order valence-corrected chi connectivity index (χ1v) is 8.67. The zero-order valence-electron chi connectivity index (χ0n) is 14.0. The second-order valence-electron chi connectivity index (χ2n) is 6.57. The zero-order chi connectivity index (χ0) is 17.2. The van der Waals surface area contributed by atoms with Crippen LogP contribution in [0.3, 0.4) is 0 Å². The van der Waals surface area contributed by atoms with Crippen molar-refractivity contribution in [1.29, 1.82) is 0 Å². The van der Waals surface area contributed by atoms with Crippen LogP contribution in [0.25, 0.3) is 10.9 Å². The highest BCUT2D eigenvalue weighted by Gasteiger charge is 2.21. The highest BCUT2D eigenvalue weighted by molar-refractivity contribution is 5.83. The van der Waals surface area contributed by atoms with Crippen molar-refractivity contribution in [2.75, 3.05) is 37.6 Å². The summed E-state index contributed by atoms with van der Waals surface area (Å²) >= 11 is 0. The Labute approximate surface area is 146 Å². The molecule has 3 aromatic rings. The third-order valence-electron chi connectivity index (χ3n) is 4.98. The quantitative estimate of drug-likeness (QED) is 0.767. The van der Waals surface area contributed by atoms with Crippen LogP contribution in [0.5, 0.6) is 0 Å². The number of fused-ring (bicyclic) bond motifs is 1. The van der Waals surface area contributed by atoms with E-state index in [0.717, 1.165) is 48.3 Å². The standard InChI is InChI=1S/C20H22FN3O/c21-15-5-7-16(8-6-15)24-11-9-23(10-12-24)14-20(25)18-13-22-19-4-2-1-3-17(18)19/h1-8,13,20,22,25H,9-12,14H2/t20-/m0/s1. The van der Waals surface area contributed by atoms with Crippen molar-refractivity contribution in [3.63, 3.8) is 0 Å². The number of para-hydroxylation sites is 1.